The van der Waals surface area contributed by atoms with Crippen LogP contribution in [0.5, 0.6) is 5.75 Å². The number of likely N-dealkylation sites (tertiary alicyclic amines) is 1. The fourth-order valence-corrected chi connectivity index (χ4v) is 4.84. The summed E-state index contributed by atoms with van der Waals surface area (Å²) in [6.07, 6.45) is 6.30. The number of ether oxygens (including phenoxy) is 1. The SMILES string of the molecule is CCOc1ccc(CCC2CCN(C(=O)c3ccc(NC(=O)C4CC4)s3)CC2)cc1. The highest BCUT2D eigenvalue weighted by atomic mass is 32.1. The van der Waals surface area contributed by atoms with Crippen molar-refractivity contribution in [2.24, 2.45) is 11.8 Å². The van der Waals surface area contributed by atoms with Gasteiger partial charge in [0.1, 0.15) is 5.75 Å². The standard InChI is InChI=1S/C24H30N2O3S/c1-2-29-20-9-5-17(6-10-20)3-4-18-13-15-26(16-14-18)24(28)21-11-12-22(30-21)25-23(27)19-7-8-19/h5-6,9-12,18-19H,2-4,7-8,13-16H2,1H3,(H,25,27). The normalized spacial score (nSPS) is 17.0. The first kappa shape index (κ1) is 20.9. The third-order valence-electron chi connectivity index (χ3n) is 5.99. The van der Waals surface area contributed by atoms with Crippen LogP contribution in [-0.2, 0) is 11.2 Å². The highest BCUT2D eigenvalue weighted by Crippen LogP contribution is 2.32. The molecule has 1 saturated heterocycles. The van der Waals surface area contributed by atoms with Gasteiger partial charge in [-0.25, -0.2) is 0 Å². The molecule has 6 heteroatoms. The molecule has 30 heavy (non-hydrogen) atoms. The van der Waals surface area contributed by atoms with Crippen LogP contribution in [-0.4, -0.2) is 36.4 Å². The topological polar surface area (TPSA) is 58.6 Å². The highest BCUT2D eigenvalue weighted by Gasteiger charge is 2.30. The minimum atomic E-state index is 0.0872. The summed E-state index contributed by atoms with van der Waals surface area (Å²) < 4.78 is 5.50. The molecule has 2 heterocycles. The maximum Gasteiger partial charge on any atom is 0.263 e. The number of anilines is 1. The van der Waals surface area contributed by atoms with Gasteiger partial charge in [0, 0.05) is 19.0 Å². The summed E-state index contributed by atoms with van der Waals surface area (Å²) in [4.78, 5) is 27.4. The van der Waals surface area contributed by atoms with E-state index in [9.17, 15) is 9.59 Å². The van der Waals surface area contributed by atoms with Crippen LogP contribution in [0.4, 0.5) is 5.00 Å². The van der Waals surface area contributed by atoms with Crippen molar-refractivity contribution in [1.29, 1.82) is 0 Å². The van der Waals surface area contributed by atoms with Gasteiger partial charge in [-0.05, 0) is 81.2 Å². The van der Waals surface area contributed by atoms with Crippen LogP contribution in [0.25, 0.3) is 0 Å². The fraction of sp³-hybridized carbons (Fsp3) is 0.500. The average molecular weight is 427 g/mol. The Bertz CT molecular complexity index is 865. The Labute approximate surface area is 182 Å². The lowest BCUT2D eigenvalue weighted by molar-refractivity contribution is -0.117. The molecule has 1 aliphatic heterocycles. The first-order valence-corrected chi connectivity index (χ1v) is 11.9. The second kappa shape index (κ2) is 9.65. The Kier molecular flexibility index (Phi) is 6.72. The van der Waals surface area contributed by atoms with Gasteiger partial charge < -0.3 is 15.0 Å². The van der Waals surface area contributed by atoms with E-state index in [2.05, 4.69) is 17.4 Å². The number of thiophene rings is 1. The lowest BCUT2D eigenvalue weighted by Crippen LogP contribution is -2.38. The maximum atomic E-state index is 12.8. The molecule has 0 radical (unpaired) electrons. The molecule has 0 spiro atoms. The summed E-state index contributed by atoms with van der Waals surface area (Å²) in [5.74, 6) is 1.95. The van der Waals surface area contributed by atoms with E-state index in [1.54, 1.807) is 0 Å². The van der Waals surface area contributed by atoms with Crippen LogP contribution in [0.1, 0.15) is 54.3 Å². The van der Waals surface area contributed by atoms with E-state index in [4.69, 9.17) is 4.74 Å². The number of hydrogen-bond acceptors (Lipinski definition) is 4. The number of hydrogen-bond donors (Lipinski definition) is 1. The summed E-state index contributed by atoms with van der Waals surface area (Å²) in [6, 6.07) is 12.1. The van der Waals surface area contributed by atoms with Crippen molar-refractivity contribution in [2.75, 3.05) is 25.0 Å². The molecule has 160 valence electrons. The summed E-state index contributed by atoms with van der Waals surface area (Å²) in [7, 11) is 0. The minimum Gasteiger partial charge on any atom is -0.494 e. The smallest absolute Gasteiger partial charge is 0.263 e. The van der Waals surface area contributed by atoms with Gasteiger partial charge in [0.2, 0.25) is 5.91 Å². The molecule has 1 N–H and O–H groups in total. The van der Waals surface area contributed by atoms with Gasteiger partial charge in [-0.2, -0.15) is 0 Å². The lowest BCUT2D eigenvalue weighted by atomic mass is 9.90. The van der Waals surface area contributed by atoms with Gasteiger partial charge in [-0.1, -0.05) is 12.1 Å². The van der Waals surface area contributed by atoms with Gasteiger partial charge in [-0.3, -0.25) is 9.59 Å². The Hall–Kier alpha value is -2.34. The van der Waals surface area contributed by atoms with Crippen molar-refractivity contribution in [2.45, 2.75) is 45.4 Å². The van der Waals surface area contributed by atoms with E-state index in [1.165, 1.54) is 16.9 Å². The lowest BCUT2D eigenvalue weighted by Gasteiger charge is -2.31. The molecule has 2 fully saturated rings. The fourth-order valence-electron chi connectivity index (χ4n) is 3.96. The number of rotatable bonds is 8. The number of aryl methyl sites for hydroxylation is 1. The largest absolute Gasteiger partial charge is 0.494 e. The monoisotopic (exact) mass is 426 g/mol. The maximum absolute atomic E-state index is 12.8. The van der Waals surface area contributed by atoms with Gasteiger partial charge in [0.15, 0.2) is 0 Å². The molecule has 0 atom stereocenters. The quantitative estimate of drug-likeness (QED) is 0.648. The van der Waals surface area contributed by atoms with E-state index < -0.39 is 0 Å². The number of piperidine rings is 1. The van der Waals surface area contributed by atoms with E-state index in [0.29, 0.717) is 17.4 Å². The second-order valence-corrected chi connectivity index (χ2v) is 9.36. The van der Waals surface area contributed by atoms with Gasteiger partial charge in [0.05, 0.1) is 16.5 Å². The third kappa shape index (κ3) is 5.42. The van der Waals surface area contributed by atoms with E-state index in [-0.39, 0.29) is 17.7 Å². The van der Waals surface area contributed by atoms with E-state index >= 15 is 0 Å². The van der Waals surface area contributed by atoms with Crippen molar-refractivity contribution < 1.29 is 14.3 Å². The molecule has 2 amide bonds. The number of carbonyl (C=O) groups excluding carboxylic acids is 2. The summed E-state index contributed by atoms with van der Waals surface area (Å²) in [5.41, 5.74) is 1.34. The molecule has 0 unspecified atom stereocenters. The Morgan fingerprint density at radius 1 is 1.07 bits per heavy atom. The zero-order valence-corrected chi connectivity index (χ0v) is 18.4. The first-order valence-electron chi connectivity index (χ1n) is 11.0. The third-order valence-corrected chi connectivity index (χ3v) is 6.98. The highest BCUT2D eigenvalue weighted by molar-refractivity contribution is 7.18. The number of nitrogens with one attached hydrogen (secondary N) is 1. The molecule has 1 aromatic heterocycles. The van der Waals surface area contributed by atoms with Crippen LogP contribution in [0.3, 0.4) is 0 Å². The summed E-state index contributed by atoms with van der Waals surface area (Å²) >= 11 is 1.39. The number of amides is 2. The van der Waals surface area contributed by atoms with Crippen molar-refractivity contribution >= 4 is 28.2 Å². The molecule has 1 aromatic carbocycles. The van der Waals surface area contributed by atoms with Crippen LogP contribution in [0, 0.1) is 11.8 Å². The molecule has 5 nitrogen and oxygen atoms in total. The van der Waals surface area contributed by atoms with E-state index in [1.807, 2.05) is 36.1 Å². The summed E-state index contributed by atoms with van der Waals surface area (Å²) in [6.45, 7) is 4.32. The van der Waals surface area contributed by atoms with E-state index in [0.717, 1.165) is 62.4 Å². The Morgan fingerprint density at radius 3 is 2.47 bits per heavy atom. The van der Waals surface area contributed by atoms with Crippen LogP contribution >= 0.6 is 11.3 Å². The predicted molar refractivity (Wildman–Crippen MR) is 120 cm³/mol. The van der Waals surface area contributed by atoms with Gasteiger partial charge >= 0.3 is 0 Å². The number of nitrogens with zero attached hydrogens (tertiary/aromatic N) is 1. The predicted octanol–water partition coefficient (Wildman–Crippen LogP) is 4.98. The average Bonchev–Trinajstić information content (AvgIpc) is 3.53. The molecule has 4 rings (SSSR count). The Morgan fingerprint density at radius 2 is 1.80 bits per heavy atom. The molecule has 0 bridgehead atoms. The molecule has 2 aromatic rings. The Balaban J connectivity index is 1.21. The van der Waals surface area contributed by atoms with Crippen molar-refractivity contribution in [1.82, 2.24) is 4.90 Å². The van der Waals surface area contributed by atoms with Gasteiger partial charge in [0.25, 0.3) is 5.91 Å². The van der Waals surface area contributed by atoms with Crippen LogP contribution < -0.4 is 10.1 Å². The van der Waals surface area contributed by atoms with Crippen molar-refractivity contribution in [3.8, 4) is 5.75 Å². The first-order chi connectivity index (χ1) is 14.6. The molecular formula is C24H30N2O3S. The molecule has 2 aliphatic rings. The number of carbonyl (C=O) groups is 2. The van der Waals surface area contributed by atoms with Crippen LogP contribution in [0.2, 0.25) is 0 Å². The zero-order valence-electron chi connectivity index (χ0n) is 17.6. The van der Waals surface area contributed by atoms with Crippen molar-refractivity contribution in [3.63, 3.8) is 0 Å². The minimum absolute atomic E-state index is 0.0872. The molecular weight excluding hydrogens is 396 g/mol. The molecule has 1 saturated carbocycles. The van der Waals surface area contributed by atoms with Gasteiger partial charge in [-0.15, -0.1) is 11.3 Å². The van der Waals surface area contributed by atoms with Crippen LogP contribution in [0.15, 0.2) is 36.4 Å². The van der Waals surface area contributed by atoms with Crippen molar-refractivity contribution in [3.05, 3.63) is 46.8 Å². The second-order valence-electron chi connectivity index (χ2n) is 8.28. The zero-order chi connectivity index (χ0) is 20.9. The summed E-state index contributed by atoms with van der Waals surface area (Å²) in [5, 5.41) is 3.71. The molecule has 1 aliphatic carbocycles. The number of benzene rings is 1.